The molecular formula is C33H33N3O3. The van der Waals surface area contributed by atoms with Crippen LogP contribution in [0.3, 0.4) is 0 Å². The zero-order chi connectivity index (χ0) is 27.4. The molecule has 1 aliphatic heterocycles. The summed E-state index contributed by atoms with van der Waals surface area (Å²) >= 11 is 0. The topological polar surface area (TPSA) is 69.7 Å². The molecule has 0 saturated carbocycles. The van der Waals surface area contributed by atoms with E-state index in [2.05, 4.69) is 5.32 Å². The lowest BCUT2D eigenvalue weighted by atomic mass is 10.0. The molecule has 198 valence electrons. The van der Waals surface area contributed by atoms with E-state index in [4.69, 9.17) is 0 Å². The van der Waals surface area contributed by atoms with Crippen LogP contribution in [0.1, 0.15) is 40.4 Å². The smallest absolute Gasteiger partial charge is 0.259 e. The van der Waals surface area contributed by atoms with Crippen molar-refractivity contribution in [2.75, 3.05) is 18.0 Å². The molecule has 0 saturated heterocycles. The van der Waals surface area contributed by atoms with E-state index in [9.17, 15) is 14.4 Å². The van der Waals surface area contributed by atoms with Gasteiger partial charge in [-0.1, -0.05) is 91.3 Å². The number of carbonyl (C=O) groups is 3. The number of hydrogen-bond acceptors (Lipinski definition) is 3. The summed E-state index contributed by atoms with van der Waals surface area (Å²) in [6.45, 7) is 4.65. The molecule has 1 N–H and O–H groups in total. The molecule has 0 bridgehead atoms. The Balaban J connectivity index is 1.50. The van der Waals surface area contributed by atoms with Crippen LogP contribution in [-0.4, -0.2) is 41.8 Å². The van der Waals surface area contributed by atoms with Gasteiger partial charge in [0.05, 0.1) is 5.69 Å². The van der Waals surface area contributed by atoms with Crippen LogP contribution in [0.2, 0.25) is 0 Å². The van der Waals surface area contributed by atoms with Gasteiger partial charge in [-0.3, -0.25) is 19.3 Å². The monoisotopic (exact) mass is 519 g/mol. The largest absolute Gasteiger partial charge is 0.354 e. The second-order valence-electron chi connectivity index (χ2n) is 10.1. The Morgan fingerprint density at radius 3 is 2.31 bits per heavy atom. The quantitative estimate of drug-likeness (QED) is 0.310. The predicted octanol–water partition coefficient (Wildman–Crippen LogP) is 5.27. The molecule has 1 aliphatic rings. The predicted molar refractivity (Wildman–Crippen MR) is 155 cm³/mol. The lowest BCUT2D eigenvalue weighted by Crippen LogP contribution is -2.53. The lowest BCUT2D eigenvalue weighted by molar-refractivity contribution is -0.140. The molecule has 1 atom stereocenters. The van der Waals surface area contributed by atoms with Crippen molar-refractivity contribution in [1.29, 1.82) is 0 Å². The van der Waals surface area contributed by atoms with Gasteiger partial charge in [0.1, 0.15) is 12.6 Å². The highest BCUT2D eigenvalue weighted by molar-refractivity contribution is 6.26. The average Bonchev–Trinajstić information content (AvgIpc) is 3.23. The number of carbonyl (C=O) groups excluding carboxylic acids is 3. The summed E-state index contributed by atoms with van der Waals surface area (Å²) in [4.78, 5) is 44.3. The Labute approximate surface area is 229 Å². The molecule has 6 heteroatoms. The Bertz CT molecular complexity index is 1490. The first-order chi connectivity index (χ1) is 19.0. The molecule has 3 amide bonds. The normalized spacial score (nSPS) is 13.0. The lowest BCUT2D eigenvalue weighted by Gasteiger charge is -2.33. The number of amides is 3. The number of anilines is 1. The summed E-state index contributed by atoms with van der Waals surface area (Å²) in [6.07, 6.45) is 1.16. The van der Waals surface area contributed by atoms with Gasteiger partial charge >= 0.3 is 0 Å². The molecule has 5 rings (SSSR count). The van der Waals surface area contributed by atoms with Crippen LogP contribution in [0.15, 0.2) is 91.0 Å². The van der Waals surface area contributed by atoms with Crippen molar-refractivity contribution in [3.05, 3.63) is 113 Å². The summed E-state index contributed by atoms with van der Waals surface area (Å²) in [5, 5.41) is 4.83. The van der Waals surface area contributed by atoms with Gasteiger partial charge in [-0.05, 0) is 42.0 Å². The fourth-order valence-corrected chi connectivity index (χ4v) is 5.17. The van der Waals surface area contributed by atoms with Crippen LogP contribution in [0.25, 0.3) is 10.8 Å². The number of nitrogens with zero attached hydrogens (tertiary/aromatic N) is 2. The van der Waals surface area contributed by atoms with Crippen LogP contribution >= 0.6 is 0 Å². The molecule has 0 aliphatic carbocycles. The van der Waals surface area contributed by atoms with E-state index in [-0.39, 0.29) is 30.8 Å². The Kier molecular flexibility index (Phi) is 7.73. The van der Waals surface area contributed by atoms with E-state index < -0.39 is 6.04 Å². The maximum atomic E-state index is 14.1. The van der Waals surface area contributed by atoms with Gasteiger partial charge in [0.15, 0.2) is 0 Å². The molecule has 0 radical (unpaired) electrons. The standard InChI is InChI=1S/C33H33N3O3/c1-3-19-34-32(38)29(20-24-9-5-4-6-10-24)35(21-25-17-15-23(2)16-18-25)30(37)22-36-28-14-8-12-26-11-7-13-27(31(26)28)33(36)39/h4-18,29H,3,19-22H2,1-2H3,(H,34,38)/t29-/m0/s1. The van der Waals surface area contributed by atoms with Crippen molar-refractivity contribution in [2.45, 2.75) is 39.3 Å². The number of aryl methyl sites for hydroxylation is 1. The highest BCUT2D eigenvalue weighted by atomic mass is 16.2. The van der Waals surface area contributed by atoms with E-state index in [1.165, 1.54) is 0 Å². The van der Waals surface area contributed by atoms with Gasteiger partial charge in [0.2, 0.25) is 11.8 Å². The summed E-state index contributed by atoms with van der Waals surface area (Å²) in [6, 6.07) is 28.4. The third-order valence-corrected chi connectivity index (χ3v) is 7.24. The minimum absolute atomic E-state index is 0.148. The number of hydrogen-bond donors (Lipinski definition) is 1. The minimum Gasteiger partial charge on any atom is -0.354 e. The summed E-state index contributed by atoms with van der Waals surface area (Å²) in [7, 11) is 0. The summed E-state index contributed by atoms with van der Waals surface area (Å²) in [5.41, 5.74) is 4.33. The third kappa shape index (κ3) is 5.55. The fraction of sp³-hybridized carbons (Fsp3) is 0.242. The van der Waals surface area contributed by atoms with E-state index >= 15 is 0 Å². The fourth-order valence-electron chi connectivity index (χ4n) is 5.17. The molecule has 1 heterocycles. The van der Waals surface area contributed by atoms with E-state index in [0.29, 0.717) is 18.5 Å². The van der Waals surface area contributed by atoms with Gasteiger partial charge in [-0.25, -0.2) is 0 Å². The van der Waals surface area contributed by atoms with E-state index in [0.717, 1.165) is 39.6 Å². The first kappa shape index (κ1) is 26.2. The summed E-state index contributed by atoms with van der Waals surface area (Å²) < 4.78 is 0. The van der Waals surface area contributed by atoms with Crippen LogP contribution < -0.4 is 10.2 Å². The van der Waals surface area contributed by atoms with Crippen molar-refractivity contribution < 1.29 is 14.4 Å². The molecule has 39 heavy (non-hydrogen) atoms. The Morgan fingerprint density at radius 2 is 1.59 bits per heavy atom. The van der Waals surface area contributed by atoms with Crippen molar-refractivity contribution in [1.82, 2.24) is 10.2 Å². The molecular weight excluding hydrogens is 486 g/mol. The molecule has 6 nitrogen and oxygen atoms in total. The molecule has 4 aromatic rings. The maximum absolute atomic E-state index is 14.1. The van der Waals surface area contributed by atoms with Gasteiger partial charge < -0.3 is 10.2 Å². The Hall–Kier alpha value is -4.45. The highest BCUT2D eigenvalue weighted by Crippen LogP contribution is 2.37. The maximum Gasteiger partial charge on any atom is 0.259 e. The number of benzene rings is 4. The van der Waals surface area contributed by atoms with Gasteiger partial charge in [-0.15, -0.1) is 0 Å². The molecule has 0 fully saturated rings. The zero-order valence-corrected chi connectivity index (χ0v) is 22.4. The minimum atomic E-state index is -0.733. The van der Waals surface area contributed by atoms with E-state index in [1.54, 1.807) is 15.9 Å². The Morgan fingerprint density at radius 1 is 0.872 bits per heavy atom. The average molecular weight is 520 g/mol. The number of rotatable bonds is 10. The van der Waals surface area contributed by atoms with Gasteiger partial charge in [0.25, 0.3) is 5.91 Å². The van der Waals surface area contributed by atoms with Gasteiger partial charge in [0, 0.05) is 30.5 Å². The molecule has 0 spiro atoms. The van der Waals surface area contributed by atoms with Crippen molar-refractivity contribution in [3.63, 3.8) is 0 Å². The highest BCUT2D eigenvalue weighted by Gasteiger charge is 2.35. The van der Waals surface area contributed by atoms with E-state index in [1.807, 2.05) is 98.8 Å². The van der Waals surface area contributed by atoms with Crippen LogP contribution in [0.4, 0.5) is 5.69 Å². The number of nitrogens with one attached hydrogen (secondary N) is 1. The molecule has 0 aromatic heterocycles. The summed E-state index contributed by atoms with van der Waals surface area (Å²) in [5.74, 6) is -0.666. The van der Waals surface area contributed by atoms with Crippen LogP contribution in [0.5, 0.6) is 0 Å². The van der Waals surface area contributed by atoms with Gasteiger partial charge in [-0.2, -0.15) is 0 Å². The van der Waals surface area contributed by atoms with Crippen molar-refractivity contribution in [2.24, 2.45) is 0 Å². The first-order valence-corrected chi connectivity index (χ1v) is 13.5. The second-order valence-corrected chi connectivity index (χ2v) is 10.1. The van der Waals surface area contributed by atoms with Crippen molar-refractivity contribution >= 4 is 34.2 Å². The second kappa shape index (κ2) is 11.5. The zero-order valence-electron chi connectivity index (χ0n) is 22.4. The molecule has 0 unspecified atom stereocenters. The first-order valence-electron chi connectivity index (χ1n) is 13.5. The van der Waals surface area contributed by atoms with Crippen LogP contribution in [0, 0.1) is 6.92 Å². The molecule has 4 aromatic carbocycles. The van der Waals surface area contributed by atoms with Crippen molar-refractivity contribution in [3.8, 4) is 0 Å². The third-order valence-electron chi connectivity index (χ3n) is 7.24. The SMILES string of the molecule is CCCNC(=O)[C@H](Cc1ccccc1)N(Cc1ccc(C)cc1)C(=O)CN1C(=O)c2cccc3cccc1c23. The van der Waals surface area contributed by atoms with Crippen LogP contribution in [-0.2, 0) is 22.6 Å².